The van der Waals surface area contributed by atoms with Gasteiger partial charge in [-0.3, -0.25) is 0 Å². The van der Waals surface area contributed by atoms with E-state index in [9.17, 15) is 18.3 Å². The maximum absolute atomic E-state index is 12.5. The molecule has 0 spiro atoms. The van der Waals surface area contributed by atoms with Crippen LogP contribution in [0, 0.1) is 11.8 Å². The molecule has 1 N–H and O–H groups in total. The van der Waals surface area contributed by atoms with E-state index in [1.165, 1.54) is 0 Å². The number of alkyl halides is 3. The van der Waals surface area contributed by atoms with Crippen LogP contribution in [0.3, 0.4) is 0 Å². The molecule has 14 heavy (non-hydrogen) atoms. The predicted molar refractivity (Wildman–Crippen MR) is 45.7 cm³/mol. The van der Waals surface area contributed by atoms with Crippen molar-refractivity contribution in [3.8, 4) is 0 Å². The molecule has 3 atom stereocenters. The normalized spacial score (nSPS) is 43.7. The van der Waals surface area contributed by atoms with Gasteiger partial charge in [-0.2, -0.15) is 13.2 Å². The third kappa shape index (κ3) is 1.53. The van der Waals surface area contributed by atoms with Gasteiger partial charge in [0.1, 0.15) is 0 Å². The number of rotatable bonds is 0. The van der Waals surface area contributed by atoms with E-state index < -0.39 is 11.8 Å². The molecule has 0 saturated heterocycles. The standard InChI is InChI=1S/C10H15F3O/c11-10(12,13)9(14)5-4-7-2-1-3-8(7)6-9/h7-8,14H,1-6H2. The third-order valence-electron chi connectivity index (χ3n) is 3.87. The van der Waals surface area contributed by atoms with Crippen molar-refractivity contribution in [3.63, 3.8) is 0 Å². The topological polar surface area (TPSA) is 20.2 Å². The number of aliphatic hydroxyl groups is 1. The molecule has 3 unspecified atom stereocenters. The first-order valence-corrected chi connectivity index (χ1v) is 5.21. The van der Waals surface area contributed by atoms with Gasteiger partial charge in [-0.05, 0) is 31.1 Å². The van der Waals surface area contributed by atoms with Crippen molar-refractivity contribution >= 4 is 0 Å². The molecule has 2 saturated carbocycles. The molecule has 2 fully saturated rings. The lowest BCUT2D eigenvalue weighted by Gasteiger charge is -2.39. The molecule has 0 radical (unpaired) electrons. The van der Waals surface area contributed by atoms with Crippen molar-refractivity contribution in [1.82, 2.24) is 0 Å². The maximum Gasteiger partial charge on any atom is 0.417 e. The van der Waals surface area contributed by atoms with Crippen molar-refractivity contribution in [2.75, 3.05) is 0 Å². The summed E-state index contributed by atoms with van der Waals surface area (Å²) < 4.78 is 37.6. The minimum absolute atomic E-state index is 0.0683. The van der Waals surface area contributed by atoms with Crippen LogP contribution in [0.2, 0.25) is 0 Å². The Hall–Kier alpha value is -0.250. The average molecular weight is 208 g/mol. The molecule has 0 amide bonds. The van der Waals surface area contributed by atoms with Gasteiger partial charge in [-0.15, -0.1) is 0 Å². The molecule has 0 bridgehead atoms. The van der Waals surface area contributed by atoms with Gasteiger partial charge in [0.2, 0.25) is 0 Å². The second kappa shape index (κ2) is 3.12. The Morgan fingerprint density at radius 1 is 1.07 bits per heavy atom. The Kier molecular flexibility index (Phi) is 2.29. The fraction of sp³-hybridized carbons (Fsp3) is 1.00. The van der Waals surface area contributed by atoms with Crippen LogP contribution < -0.4 is 0 Å². The quantitative estimate of drug-likeness (QED) is 0.649. The zero-order valence-corrected chi connectivity index (χ0v) is 7.98. The Balaban J connectivity index is 2.10. The molecule has 0 heterocycles. The summed E-state index contributed by atoms with van der Waals surface area (Å²) in [5.41, 5.74) is -2.39. The zero-order chi connectivity index (χ0) is 10.4. The van der Waals surface area contributed by atoms with E-state index in [0.717, 1.165) is 19.3 Å². The summed E-state index contributed by atoms with van der Waals surface area (Å²) in [7, 11) is 0. The van der Waals surface area contributed by atoms with Crippen molar-refractivity contribution < 1.29 is 18.3 Å². The SMILES string of the molecule is OC1(C(F)(F)F)CCC2CCCC2C1. The molecular formula is C10H15F3O. The molecule has 0 aromatic heterocycles. The highest BCUT2D eigenvalue weighted by atomic mass is 19.4. The van der Waals surface area contributed by atoms with Gasteiger partial charge in [-0.1, -0.05) is 19.3 Å². The molecule has 2 aliphatic carbocycles. The lowest BCUT2D eigenvalue weighted by atomic mass is 9.73. The molecule has 2 aliphatic rings. The summed E-state index contributed by atoms with van der Waals surface area (Å²) >= 11 is 0. The summed E-state index contributed by atoms with van der Waals surface area (Å²) in [5.74, 6) is 0.549. The molecule has 82 valence electrons. The van der Waals surface area contributed by atoms with Crippen LogP contribution in [0.1, 0.15) is 38.5 Å². The Morgan fingerprint density at radius 2 is 1.71 bits per heavy atom. The number of hydrogen-bond donors (Lipinski definition) is 1. The van der Waals surface area contributed by atoms with E-state index in [1.807, 2.05) is 0 Å². The smallest absolute Gasteiger partial charge is 0.380 e. The predicted octanol–water partition coefficient (Wildman–Crippen LogP) is 2.88. The van der Waals surface area contributed by atoms with Gasteiger partial charge in [-0.25, -0.2) is 0 Å². The first-order valence-electron chi connectivity index (χ1n) is 5.21. The summed E-state index contributed by atoms with van der Waals surface area (Å²) in [5, 5.41) is 9.53. The van der Waals surface area contributed by atoms with Gasteiger partial charge < -0.3 is 5.11 Å². The van der Waals surface area contributed by atoms with E-state index in [-0.39, 0.29) is 18.8 Å². The first-order chi connectivity index (χ1) is 6.42. The second-order valence-electron chi connectivity index (χ2n) is 4.72. The Morgan fingerprint density at radius 3 is 2.36 bits per heavy atom. The first kappa shape index (κ1) is 10.3. The van der Waals surface area contributed by atoms with Crippen LogP contribution in [0.5, 0.6) is 0 Å². The molecule has 4 heteroatoms. The van der Waals surface area contributed by atoms with Crippen LogP contribution in [0.25, 0.3) is 0 Å². The molecule has 2 rings (SSSR count). The van der Waals surface area contributed by atoms with E-state index in [0.29, 0.717) is 12.3 Å². The highest BCUT2D eigenvalue weighted by Gasteiger charge is 2.57. The highest BCUT2D eigenvalue weighted by Crippen LogP contribution is 2.50. The monoisotopic (exact) mass is 208 g/mol. The Labute approximate surface area is 81.3 Å². The van der Waals surface area contributed by atoms with Crippen molar-refractivity contribution in [3.05, 3.63) is 0 Å². The summed E-state index contributed by atoms with van der Waals surface area (Å²) in [4.78, 5) is 0. The fourth-order valence-electron chi connectivity index (χ4n) is 2.98. The zero-order valence-electron chi connectivity index (χ0n) is 7.98. The fourth-order valence-corrected chi connectivity index (χ4v) is 2.98. The van der Waals surface area contributed by atoms with Gasteiger partial charge in [0.15, 0.2) is 5.60 Å². The van der Waals surface area contributed by atoms with Crippen molar-refractivity contribution in [1.29, 1.82) is 0 Å². The summed E-state index contributed by atoms with van der Waals surface area (Å²) in [6.45, 7) is 0. The summed E-state index contributed by atoms with van der Waals surface area (Å²) in [6.07, 6.45) is -1.12. The highest BCUT2D eigenvalue weighted by molar-refractivity contribution is 4.97. The minimum Gasteiger partial charge on any atom is -0.380 e. The van der Waals surface area contributed by atoms with Crippen LogP contribution in [-0.4, -0.2) is 16.9 Å². The van der Waals surface area contributed by atoms with Crippen molar-refractivity contribution in [2.45, 2.75) is 50.3 Å². The molecule has 1 nitrogen and oxygen atoms in total. The molecule has 0 aliphatic heterocycles. The summed E-state index contributed by atoms with van der Waals surface area (Å²) in [6, 6.07) is 0. The van der Waals surface area contributed by atoms with Crippen LogP contribution in [-0.2, 0) is 0 Å². The van der Waals surface area contributed by atoms with E-state index >= 15 is 0 Å². The number of hydrogen-bond acceptors (Lipinski definition) is 1. The number of fused-ring (bicyclic) bond motifs is 1. The third-order valence-corrected chi connectivity index (χ3v) is 3.87. The average Bonchev–Trinajstić information content (AvgIpc) is 2.48. The lowest BCUT2D eigenvalue weighted by Crippen LogP contribution is -2.49. The maximum atomic E-state index is 12.5. The van der Waals surface area contributed by atoms with Crippen molar-refractivity contribution in [2.24, 2.45) is 11.8 Å². The van der Waals surface area contributed by atoms with Crippen LogP contribution in [0.4, 0.5) is 13.2 Å². The lowest BCUT2D eigenvalue weighted by molar-refractivity contribution is -0.276. The van der Waals surface area contributed by atoms with Gasteiger partial charge >= 0.3 is 6.18 Å². The van der Waals surface area contributed by atoms with Gasteiger partial charge in [0, 0.05) is 0 Å². The van der Waals surface area contributed by atoms with E-state index in [4.69, 9.17) is 0 Å². The van der Waals surface area contributed by atoms with E-state index in [1.54, 1.807) is 0 Å². The molecular weight excluding hydrogens is 193 g/mol. The minimum atomic E-state index is -4.44. The largest absolute Gasteiger partial charge is 0.417 e. The molecule has 0 aromatic rings. The van der Waals surface area contributed by atoms with Crippen LogP contribution >= 0.6 is 0 Å². The van der Waals surface area contributed by atoms with Crippen LogP contribution in [0.15, 0.2) is 0 Å². The van der Waals surface area contributed by atoms with Gasteiger partial charge in [0.05, 0.1) is 0 Å². The second-order valence-corrected chi connectivity index (χ2v) is 4.72. The number of halogens is 3. The molecule has 0 aromatic carbocycles. The van der Waals surface area contributed by atoms with E-state index in [2.05, 4.69) is 0 Å². The Bertz CT molecular complexity index is 226. The van der Waals surface area contributed by atoms with Gasteiger partial charge in [0.25, 0.3) is 0 Å².